The summed E-state index contributed by atoms with van der Waals surface area (Å²) in [6, 6.07) is 16.3. The number of hydrogen-bond donors (Lipinski definition) is 2. The number of hydrogen-bond acceptors (Lipinski definition) is 4. The number of nitrogens with one attached hydrogen (secondary N) is 1. The maximum absolute atomic E-state index is 14.3. The van der Waals surface area contributed by atoms with Gasteiger partial charge in [-0.25, -0.2) is 4.39 Å². The number of aliphatic hydroxyl groups excluding tert-OH is 1. The van der Waals surface area contributed by atoms with Crippen molar-refractivity contribution >= 4 is 40.5 Å². The number of fused-ring (bicyclic) bond motifs is 2. The molecule has 2 aliphatic heterocycles. The van der Waals surface area contributed by atoms with Crippen LogP contribution in [0, 0.1) is 5.82 Å². The fourth-order valence-electron chi connectivity index (χ4n) is 4.51. The Kier molecular flexibility index (Phi) is 6.36. The number of halogens is 2. The molecule has 6 nitrogen and oxygen atoms in total. The molecule has 0 aliphatic carbocycles. The molecule has 1 atom stereocenters. The first kappa shape index (κ1) is 23.2. The normalized spacial score (nSPS) is 16.9. The van der Waals surface area contributed by atoms with Crippen LogP contribution in [0.4, 0.5) is 15.8 Å². The molecule has 3 aromatic rings. The summed E-state index contributed by atoms with van der Waals surface area (Å²) in [4.78, 5) is 32.1. The van der Waals surface area contributed by atoms with Crippen molar-refractivity contribution in [3.63, 3.8) is 0 Å². The monoisotopic (exact) mass is 491 g/mol. The smallest absolute Gasteiger partial charge is 0.249 e. The molecule has 178 valence electrons. The lowest BCUT2D eigenvalue weighted by atomic mass is 9.98. The molecule has 3 aromatic carbocycles. The molecule has 0 saturated carbocycles. The van der Waals surface area contributed by atoms with Crippen molar-refractivity contribution in [1.82, 2.24) is 0 Å². The maximum atomic E-state index is 14.3. The van der Waals surface area contributed by atoms with Crippen LogP contribution in [0.3, 0.4) is 0 Å². The summed E-state index contributed by atoms with van der Waals surface area (Å²) in [6.07, 6.45) is 1.10. The zero-order chi connectivity index (χ0) is 24.5. The minimum absolute atomic E-state index is 0.0156. The van der Waals surface area contributed by atoms with Crippen molar-refractivity contribution in [2.45, 2.75) is 25.3 Å². The number of carbonyl (C=O) groups is 2. The van der Waals surface area contributed by atoms with Crippen molar-refractivity contribution < 1.29 is 19.1 Å². The Morgan fingerprint density at radius 2 is 1.89 bits per heavy atom. The van der Waals surface area contributed by atoms with Gasteiger partial charge in [-0.2, -0.15) is 0 Å². The Bertz CT molecular complexity index is 1340. The molecule has 0 fully saturated rings. The molecular weight excluding hydrogens is 469 g/mol. The number of aliphatic imine (C=N–C) groups is 1. The number of carbonyl (C=O) groups excluding carboxylic acids is 2. The van der Waals surface area contributed by atoms with Crippen LogP contribution in [-0.2, 0) is 22.4 Å². The predicted octanol–water partition coefficient (Wildman–Crippen LogP) is 4.15. The van der Waals surface area contributed by atoms with E-state index in [9.17, 15) is 19.1 Å². The molecule has 0 radical (unpaired) electrons. The lowest BCUT2D eigenvalue weighted by molar-refractivity contribution is -0.118. The number of nitrogens with zero attached hydrogens (tertiary/aromatic N) is 2. The molecule has 5 rings (SSSR count). The molecule has 0 aromatic heterocycles. The van der Waals surface area contributed by atoms with E-state index >= 15 is 0 Å². The largest absolute Gasteiger partial charge is 0.396 e. The number of rotatable bonds is 6. The van der Waals surface area contributed by atoms with Crippen LogP contribution in [0.2, 0.25) is 5.02 Å². The third-order valence-electron chi connectivity index (χ3n) is 6.26. The van der Waals surface area contributed by atoms with Gasteiger partial charge in [0.25, 0.3) is 0 Å². The average molecular weight is 492 g/mol. The van der Waals surface area contributed by atoms with E-state index in [2.05, 4.69) is 5.32 Å². The summed E-state index contributed by atoms with van der Waals surface area (Å²) in [7, 11) is 0. The molecule has 0 spiro atoms. The van der Waals surface area contributed by atoms with Crippen molar-refractivity contribution in [3.8, 4) is 0 Å². The van der Waals surface area contributed by atoms with Crippen LogP contribution < -0.4 is 10.2 Å². The van der Waals surface area contributed by atoms with Gasteiger partial charge in [0.15, 0.2) is 0 Å². The van der Waals surface area contributed by atoms with Crippen molar-refractivity contribution in [1.29, 1.82) is 0 Å². The lowest BCUT2D eigenvalue weighted by Crippen LogP contribution is -2.28. The molecule has 1 unspecified atom stereocenters. The van der Waals surface area contributed by atoms with Crippen LogP contribution in [0.1, 0.15) is 28.7 Å². The van der Waals surface area contributed by atoms with Gasteiger partial charge in [-0.05, 0) is 53.9 Å². The Morgan fingerprint density at radius 3 is 2.66 bits per heavy atom. The number of benzodiazepines with no additional fused rings is 1. The third-order valence-corrected chi connectivity index (χ3v) is 6.51. The first-order chi connectivity index (χ1) is 16.9. The molecule has 2 amide bonds. The average Bonchev–Trinajstić information content (AvgIpc) is 3.09. The second-order valence-corrected chi connectivity index (χ2v) is 9.08. The van der Waals surface area contributed by atoms with Gasteiger partial charge >= 0.3 is 0 Å². The van der Waals surface area contributed by atoms with Gasteiger partial charge < -0.3 is 15.3 Å². The highest BCUT2D eigenvalue weighted by Crippen LogP contribution is 2.33. The highest BCUT2D eigenvalue weighted by atomic mass is 35.5. The Morgan fingerprint density at radius 1 is 1.09 bits per heavy atom. The molecule has 35 heavy (non-hydrogen) atoms. The van der Waals surface area contributed by atoms with Gasteiger partial charge in [0, 0.05) is 41.4 Å². The summed E-state index contributed by atoms with van der Waals surface area (Å²) in [6.45, 7) is 0.390. The highest BCUT2D eigenvalue weighted by Gasteiger charge is 2.30. The van der Waals surface area contributed by atoms with E-state index in [1.165, 1.54) is 18.2 Å². The summed E-state index contributed by atoms with van der Waals surface area (Å²) in [5.41, 5.74) is 4.63. The zero-order valence-corrected chi connectivity index (χ0v) is 19.6. The third kappa shape index (κ3) is 4.70. The van der Waals surface area contributed by atoms with E-state index in [1.807, 2.05) is 30.3 Å². The van der Waals surface area contributed by atoms with Gasteiger partial charge in [-0.1, -0.05) is 35.9 Å². The molecule has 2 heterocycles. The Balaban J connectivity index is 1.60. The number of aliphatic hydroxyl groups is 1. The van der Waals surface area contributed by atoms with Crippen molar-refractivity contribution in [2.24, 2.45) is 4.99 Å². The lowest BCUT2D eigenvalue weighted by Gasteiger charge is -2.18. The molecule has 0 saturated heterocycles. The highest BCUT2D eigenvalue weighted by molar-refractivity contribution is 6.30. The summed E-state index contributed by atoms with van der Waals surface area (Å²) in [5, 5.41) is 12.7. The van der Waals surface area contributed by atoms with Crippen LogP contribution in [0.15, 0.2) is 65.7 Å². The van der Waals surface area contributed by atoms with Crippen LogP contribution in [0.25, 0.3) is 0 Å². The molecular formula is C27H23ClFN3O3. The zero-order valence-electron chi connectivity index (χ0n) is 18.8. The second-order valence-electron chi connectivity index (χ2n) is 8.65. The fourth-order valence-corrected chi connectivity index (χ4v) is 4.64. The number of benzene rings is 3. The minimum Gasteiger partial charge on any atom is -0.396 e. The van der Waals surface area contributed by atoms with E-state index in [1.54, 1.807) is 17.0 Å². The first-order valence-corrected chi connectivity index (χ1v) is 11.8. The maximum Gasteiger partial charge on any atom is 0.249 e. The topological polar surface area (TPSA) is 82.0 Å². The van der Waals surface area contributed by atoms with E-state index in [-0.39, 0.29) is 24.8 Å². The molecule has 2 aliphatic rings. The number of anilines is 2. The summed E-state index contributed by atoms with van der Waals surface area (Å²) in [5.74, 6) is -0.760. The van der Waals surface area contributed by atoms with Crippen molar-refractivity contribution in [2.75, 3.05) is 23.4 Å². The fraction of sp³-hybridized carbons (Fsp3) is 0.222. The van der Waals surface area contributed by atoms with E-state index in [0.717, 1.165) is 16.8 Å². The van der Waals surface area contributed by atoms with E-state index in [0.29, 0.717) is 46.9 Å². The van der Waals surface area contributed by atoms with E-state index < -0.39 is 11.9 Å². The summed E-state index contributed by atoms with van der Waals surface area (Å²) >= 11 is 6.00. The molecule has 0 bridgehead atoms. The van der Waals surface area contributed by atoms with Gasteiger partial charge in [0.2, 0.25) is 11.8 Å². The Hall–Kier alpha value is -3.55. The Labute approximate surface area is 207 Å². The van der Waals surface area contributed by atoms with Crippen molar-refractivity contribution in [3.05, 3.63) is 93.8 Å². The molecule has 2 N–H and O–H groups in total. The van der Waals surface area contributed by atoms with Crippen LogP contribution in [-0.4, -0.2) is 41.8 Å². The minimum atomic E-state index is -0.748. The second kappa shape index (κ2) is 9.60. The first-order valence-electron chi connectivity index (χ1n) is 11.4. The summed E-state index contributed by atoms with van der Waals surface area (Å²) < 4.78 is 14.3. The quantitative estimate of drug-likeness (QED) is 0.543. The van der Waals surface area contributed by atoms with Gasteiger partial charge in [-0.3, -0.25) is 14.6 Å². The van der Waals surface area contributed by atoms with Gasteiger partial charge in [-0.15, -0.1) is 0 Å². The SMILES string of the molecule is O=C1Nc2ccc(F)cc2C(c2ccc3c(c2)N(CCCO)C(=O)C3)=NC1Cc1ccc(Cl)cc1. The van der Waals surface area contributed by atoms with Crippen LogP contribution >= 0.6 is 11.6 Å². The molecule has 8 heteroatoms. The van der Waals surface area contributed by atoms with Gasteiger partial charge in [0.1, 0.15) is 11.9 Å². The number of amides is 2. The van der Waals surface area contributed by atoms with Gasteiger partial charge in [0.05, 0.1) is 17.8 Å². The predicted molar refractivity (Wildman–Crippen MR) is 134 cm³/mol. The van der Waals surface area contributed by atoms with E-state index in [4.69, 9.17) is 16.6 Å². The van der Waals surface area contributed by atoms with Crippen LogP contribution in [0.5, 0.6) is 0 Å². The standard InChI is InChI=1S/C27H23ClFN3O3/c28-19-6-2-16(3-7-19)12-23-27(35)31-22-9-8-20(29)15-21(22)26(30-23)18-5-4-17-14-25(34)32(10-1-11-33)24(17)13-18/h2-9,13,15,23,33H,1,10-12,14H2,(H,31,35).